The molecule has 11 heteroatoms. The number of carboxylic acid groups (broad SMARTS) is 2. The van der Waals surface area contributed by atoms with Gasteiger partial charge in [0.15, 0.2) is 0 Å². The molecule has 4 unspecified atom stereocenters. The molecule has 1 aromatic heterocycles. The number of aliphatic hydroxyl groups excluding tert-OH is 4. The lowest BCUT2D eigenvalue weighted by Crippen LogP contribution is -2.19. The highest BCUT2D eigenvalue weighted by atomic mass is 19.1. The summed E-state index contributed by atoms with van der Waals surface area (Å²) in [5, 5.41) is 59.1. The molecule has 0 aliphatic heterocycles. The molecule has 2 aromatic carbocycles. The summed E-state index contributed by atoms with van der Waals surface area (Å²) in [5.41, 5.74) is 3.41. The number of aliphatic carboxylic acids is 2. The number of aliphatic hydroxyl groups is 4. The molecule has 4 atom stereocenters. The van der Waals surface area contributed by atoms with Gasteiger partial charge in [-0.05, 0) is 61.4 Å². The molecule has 6 N–H and O–H groups in total. The third-order valence-corrected chi connectivity index (χ3v) is 6.86. The van der Waals surface area contributed by atoms with Crippen LogP contribution in [-0.4, -0.2) is 71.6 Å². The largest absolute Gasteiger partial charge is 0.481 e. The number of benzene rings is 2. The van der Waals surface area contributed by atoms with E-state index in [0.29, 0.717) is 33.6 Å². The highest BCUT2D eigenvalue weighted by Crippen LogP contribution is 2.43. The van der Waals surface area contributed by atoms with Crippen molar-refractivity contribution >= 4 is 24.1 Å². The van der Waals surface area contributed by atoms with Gasteiger partial charge in [0.25, 0.3) is 0 Å². The van der Waals surface area contributed by atoms with Crippen LogP contribution in [0.5, 0.6) is 0 Å². The lowest BCUT2D eigenvalue weighted by molar-refractivity contribution is -0.140. The lowest BCUT2D eigenvalue weighted by Gasteiger charge is -2.17. The molecule has 0 aliphatic carbocycles. The van der Waals surface area contributed by atoms with E-state index in [4.69, 9.17) is 10.2 Å². The molecular weight excluding hydrogens is 576 g/mol. The molecule has 0 aliphatic rings. The van der Waals surface area contributed by atoms with E-state index in [9.17, 15) is 38.8 Å². The molecule has 0 amide bonds. The van der Waals surface area contributed by atoms with Crippen molar-refractivity contribution in [2.24, 2.45) is 0 Å². The van der Waals surface area contributed by atoms with Gasteiger partial charge in [-0.3, -0.25) is 9.59 Å². The Hall–Kier alpha value is -4.16. The third-order valence-electron chi connectivity index (χ3n) is 6.86. The molecule has 1 heterocycles. The number of hydrogen-bond acceptors (Lipinski definition) is 6. The van der Waals surface area contributed by atoms with E-state index in [1.165, 1.54) is 36.4 Å². The van der Waals surface area contributed by atoms with Gasteiger partial charge in [-0.15, -0.1) is 0 Å². The predicted octanol–water partition coefficient (Wildman–Crippen LogP) is 4.88. The average molecular weight is 614 g/mol. The summed E-state index contributed by atoms with van der Waals surface area (Å²) in [5.74, 6) is -3.36. The number of halogens is 2. The Morgan fingerprint density at radius 3 is 1.32 bits per heavy atom. The summed E-state index contributed by atoms with van der Waals surface area (Å²) in [6.07, 6.45) is -0.530. The van der Waals surface area contributed by atoms with E-state index >= 15 is 0 Å². The van der Waals surface area contributed by atoms with Crippen LogP contribution < -0.4 is 0 Å². The topological polar surface area (TPSA) is 160 Å². The normalized spacial score (nSPS) is 14.8. The third kappa shape index (κ3) is 9.42. The highest BCUT2D eigenvalue weighted by Gasteiger charge is 2.25. The Labute approximate surface area is 253 Å². The maximum Gasteiger partial charge on any atom is 0.305 e. The van der Waals surface area contributed by atoms with Crippen molar-refractivity contribution in [3.8, 4) is 22.3 Å². The van der Waals surface area contributed by atoms with E-state index in [1.54, 1.807) is 36.4 Å². The summed E-state index contributed by atoms with van der Waals surface area (Å²) in [6, 6.07) is 11.2. The Kier molecular flexibility index (Phi) is 12.1. The molecule has 0 saturated carbocycles. The van der Waals surface area contributed by atoms with Gasteiger partial charge >= 0.3 is 11.9 Å². The van der Waals surface area contributed by atoms with Gasteiger partial charge in [0, 0.05) is 41.4 Å². The molecule has 0 radical (unpaired) electrons. The minimum atomic E-state index is -1.29. The standard InChI is InChI=1S/C33H37F2NO8/c1-19(2)36-28(13-11-24(37)15-26(39)17-30(41)42)32(20-3-7-22(34)8-4-20)33(21-5-9-23(35)10-6-21)29(36)14-12-25(38)16-27(40)18-31(43)44/h3-14,19,24-27,37-40H,15-18H2,1-2H3,(H,41,42)(H,43,44)/b13-11+,14-12+. The van der Waals surface area contributed by atoms with Gasteiger partial charge in [-0.2, -0.15) is 0 Å². The average Bonchev–Trinajstić information content (AvgIpc) is 3.24. The van der Waals surface area contributed by atoms with Crippen LogP contribution in [-0.2, 0) is 9.59 Å². The fourth-order valence-electron chi connectivity index (χ4n) is 5.02. The van der Waals surface area contributed by atoms with Gasteiger partial charge < -0.3 is 35.2 Å². The Balaban J connectivity index is 2.26. The summed E-state index contributed by atoms with van der Waals surface area (Å²) >= 11 is 0. The number of carbonyl (C=O) groups is 2. The number of hydrogen-bond donors (Lipinski definition) is 6. The molecule has 44 heavy (non-hydrogen) atoms. The van der Waals surface area contributed by atoms with E-state index in [0.717, 1.165) is 0 Å². The summed E-state index contributed by atoms with van der Waals surface area (Å²) in [6.45, 7) is 3.77. The predicted molar refractivity (Wildman–Crippen MR) is 161 cm³/mol. The van der Waals surface area contributed by atoms with E-state index in [-0.39, 0.29) is 18.9 Å². The van der Waals surface area contributed by atoms with E-state index in [2.05, 4.69) is 0 Å². The Morgan fingerprint density at radius 1 is 0.682 bits per heavy atom. The second kappa shape index (κ2) is 15.5. The highest BCUT2D eigenvalue weighted by molar-refractivity contribution is 5.94. The van der Waals surface area contributed by atoms with Crippen molar-refractivity contribution in [2.75, 3.05) is 0 Å². The lowest BCUT2D eigenvalue weighted by atomic mass is 9.94. The first kappa shape index (κ1) is 34.3. The molecule has 3 rings (SSSR count). The first-order chi connectivity index (χ1) is 20.8. The van der Waals surface area contributed by atoms with Crippen LogP contribution in [0.1, 0.15) is 57.0 Å². The zero-order valence-corrected chi connectivity index (χ0v) is 24.3. The van der Waals surface area contributed by atoms with Crippen molar-refractivity contribution in [1.82, 2.24) is 4.57 Å². The number of rotatable bonds is 15. The second-order valence-electron chi connectivity index (χ2n) is 10.8. The van der Waals surface area contributed by atoms with Crippen molar-refractivity contribution < 1.29 is 49.0 Å². The van der Waals surface area contributed by atoms with Crippen molar-refractivity contribution in [3.63, 3.8) is 0 Å². The first-order valence-corrected chi connectivity index (χ1v) is 14.1. The van der Waals surface area contributed by atoms with Crippen LogP contribution in [0.3, 0.4) is 0 Å². The van der Waals surface area contributed by atoms with Crippen LogP contribution in [0.15, 0.2) is 60.7 Å². The molecule has 0 saturated heterocycles. The summed E-state index contributed by atoms with van der Waals surface area (Å²) in [7, 11) is 0. The smallest absolute Gasteiger partial charge is 0.305 e. The first-order valence-electron chi connectivity index (χ1n) is 14.1. The van der Waals surface area contributed by atoms with Crippen LogP contribution in [0.4, 0.5) is 8.78 Å². The quantitative estimate of drug-likeness (QED) is 0.141. The zero-order chi connectivity index (χ0) is 32.6. The molecule has 0 fully saturated rings. The molecule has 0 bridgehead atoms. The SMILES string of the molecule is CC(C)n1c(/C=C/C(O)CC(O)CC(=O)O)c(-c2ccc(F)cc2)c(-c2ccc(F)cc2)c1/C=C/C(O)CC(O)CC(=O)O. The molecule has 9 nitrogen and oxygen atoms in total. The van der Waals surface area contributed by atoms with E-state index in [1.807, 2.05) is 18.4 Å². The van der Waals surface area contributed by atoms with Crippen LogP contribution >= 0.6 is 0 Å². The summed E-state index contributed by atoms with van der Waals surface area (Å²) in [4.78, 5) is 21.9. The maximum atomic E-state index is 14.0. The Bertz CT molecular complexity index is 1370. The van der Waals surface area contributed by atoms with E-state index < -0.39 is 60.8 Å². The van der Waals surface area contributed by atoms with Gasteiger partial charge in [0.05, 0.1) is 37.3 Å². The van der Waals surface area contributed by atoms with Crippen molar-refractivity contribution in [1.29, 1.82) is 0 Å². The van der Waals surface area contributed by atoms with Crippen LogP contribution in [0.2, 0.25) is 0 Å². The molecule has 0 spiro atoms. The van der Waals surface area contributed by atoms with Gasteiger partial charge in [0.1, 0.15) is 11.6 Å². The molecular formula is C33H37F2NO8. The van der Waals surface area contributed by atoms with Crippen LogP contribution in [0.25, 0.3) is 34.4 Å². The van der Waals surface area contributed by atoms with Crippen molar-refractivity contribution in [2.45, 2.75) is 70.0 Å². The Morgan fingerprint density at radius 2 is 1.02 bits per heavy atom. The van der Waals surface area contributed by atoms with Gasteiger partial charge in [-0.1, -0.05) is 36.4 Å². The monoisotopic (exact) mass is 613 g/mol. The summed E-state index contributed by atoms with van der Waals surface area (Å²) < 4.78 is 29.9. The number of nitrogens with zero attached hydrogens (tertiary/aromatic N) is 1. The second-order valence-corrected chi connectivity index (χ2v) is 10.8. The fraction of sp³-hybridized carbons (Fsp3) is 0.333. The molecule has 3 aromatic rings. The molecule has 236 valence electrons. The number of carboxylic acids is 2. The van der Waals surface area contributed by atoms with Gasteiger partial charge in [0.2, 0.25) is 0 Å². The van der Waals surface area contributed by atoms with Gasteiger partial charge in [-0.25, -0.2) is 8.78 Å². The maximum absolute atomic E-state index is 14.0. The fourth-order valence-corrected chi connectivity index (χ4v) is 5.02. The minimum Gasteiger partial charge on any atom is -0.481 e. The minimum absolute atomic E-state index is 0.237. The zero-order valence-electron chi connectivity index (χ0n) is 24.3. The van der Waals surface area contributed by atoms with Crippen molar-refractivity contribution in [3.05, 3.63) is 83.7 Å². The van der Waals surface area contributed by atoms with Crippen LogP contribution in [0, 0.1) is 11.6 Å². The number of aromatic nitrogens is 1.